The third-order valence-electron chi connectivity index (χ3n) is 1.38. The highest BCUT2D eigenvalue weighted by atomic mass is 15.2. The van der Waals surface area contributed by atoms with Gasteiger partial charge in [-0.15, -0.1) is 6.42 Å². The molecule has 0 fully saturated rings. The topological polar surface area (TPSA) is 50.9 Å². The first kappa shape index (κ1) is 7.58. The molecule has 0 aromatic carbocycles. The number of pyridine rings is 1. The minimum Gasteiger partial charge on any atom is -0.308 e. The van der Waals surface area contributed by atoms with E-state index in [2.05, 4.69) is 16.3 Å². The molecule has 0 saturated heterocycles. The molecule has 0 aliphatic rings. The van der Waals surface area contributed by atoms with E-state index in [-0.39, 0.29) is 0 Å². The minimum atomic E-state index is 0.656. The predicted octanol–water partition coefficient (Wildman–Crippen LogP) is 0.657. The maximum absolute atomic E-state index is 5.18. The Bertz CT molecular complexity index is 299. The maximum Gasteiger partial charge on any atom is 0.142 e. The molecule has 11 heavy (non-hydrogen) atoms. The SMILES string of the molecule is C#Cc1cnc(NN)c(C)c1. The molecule has 0 amide bonds. The molecule has 1 aromatic rings. The molecule has 3 N–H and O–H groups in total. The Hall–Kier alpha value is -1.53. The van der Waals surface area contributed by atoms with E-state index < -0.39 is 0 Å². The summed E-state index contributed by atoms with van der Waals surface area (Å²) in [5.74, 6) is 8.32. The van der Waals surface area contributed by atoms with Gasteiger partial charge in [0.25, 0.3) is 0 Å². The second kappa shape index (κ2) is 3.04. The lowest BCUT2D eigenvalue weighted by molar-refractivity contribution is 1.18. The summed E-state index contributed by atoms with van der Waals surface area (Å²) in [6.07, 6.45) is 6.77. The molecule has 0 spiro atoms. The van der Waals surface area contributed by atoms with Gasteiger partial charge in [0, 0.05) is 11.8 Å². The first-order chi connectivity index (χ1) is 5.27. The first-order valence-corrected chi connectivity index (χ1v) is 3.18. The second-order valence-electron chi connectivity index (χ2n) is 2.18. The standard InChI is InChI=1S/C8H9N3/c1-3-7-4-6(2)8(11-9)10-5-7/h1,4-5H,9H2,2H3,(H,10,11). The number of hydrogen-bond donors (Lipinski definition) is 2. The van der Waals surface area contributed by atoms with Crippen LogP contribution in [0.2, 0.25) is 0 Å². The highest BCUT2D eigenvalue weighted by Gasteiger charge is 1.96. The van der Waals surface area contributed by atoms with E-state index in [0.717, 1.165) is 11.1 Å². The normalized spacial score (nSPS) is 8.82. The molecule has 56 valence electrons. The van der Waals surface area contributed by atoms with Gasteiger partial charge in [-0.3, -0.25) is 0 Å². The van der Waals surface area contributed by atoms with E-state index in [0.29, 0.717) is 5.82 Å². The van der Waals surface area contributed by atoms with Crippen molar-refractivity contribution in [2.75, 3.05) is 5.43 Å². The van der Waals surface area contributed by atoms with Crippen LogP contribution in [0.1, 0.15) is 11.1 Å². The van der Waals surface area contributed by atoms with Crippen LogP contribution in [0.4, 0.5) is 5.82 Å². The predicted molar refractivity (Wildman–Crippen MR) is 44.7 cm³/mol. The van der Waals surface area contributed by atoms with Crippen LogP contribution in [0.3, 0.4) is 0 Å². The number of nitrogens with two attached hydrogens (primary N) is 1. The van der Waals surface area contributed by atoms with Gasteiger partial charge >= 0.3 is 0 Å². The number of rotatable bonds is 1. The molecule has 0 saturated carbocycles. The van der Waals surface area contributed by atoms with Gasteiger partial charge in [0.2, 0.25) is 0 Å². The fourth-order valence-electron chi connectivity index (χ4n) is 0.805. The molecule has 0 unspecified atom stereocenters. The Morgan fingerprint density at radius 1 is 1.73 bits per heavy atom. The van der Waals surface area contributed by atoms with E-state index in [1.165, 1.54) is 0 Å². The van der Waals surface area contributed by atoms with Crippen LogP contribution in [-0.2, 0) is 0 Å². The van der Waals surface area contributed by atoms with Crippen LogP contribution in [0.25, 0.3) is 0 Å². The molecule has 1 aromatic heterocycles. The third-order valence-corrected chi connectivity index (χ3v) is 1.38. The molecule has 3 heteroatoms. The summed E-state index contributed by atoms with van der Waals surface area (Å²) < 4.78 is 0. The molecule has 1 rings (SSSR count). The Morgan fingerprint density at radius 3 is 2.91 bits per heavy atom. The smallest absolute Gasteiger partial charge is 0.142 e. The Balaban J connectivity index is 3.12. The lowest BCUT2D eigenvalue weighted by Crippen LogP contribution is -2.09. The molecule has 0 bridgehead atoms. The second-order valence-corrected chi connectivity index (χ2v) is 2.18. The van der Waals surface area contributed by atoms with Gasteiger partial charge in [-0.25, -0.2) is 10.8 Å². The number of aromatic nitrogens is 1. The van der Waals surface area contributed by atoms with Gasteiger partial charge < -0.3 is 5.43 Å². The van der Waals surface area contributed by atoms with Gasteiger partial charge in [-0.05, 0) is 18.6 Å². The molecule has 0 atom stereocenters. The Labute approximate surface area is 65.6 Å². The summed E-state index contributed by atoms with van der Waals surface area (Å²) in [4.78, 5) is 3.99. The van der Waals surface area contributed by atoms with Crippen molar-refractivity contribution in [2.24, 2.45) is 5.84 Å². The number of nitrogens with one attached hydrogen (secondary N) is 1. The van der Waals surface area contributed by atoms with Gasteiger partial charge in [0.1, 0.15) is 5.82 Å². The first-order valence-electron chi connectivity index (χ1n) is 3.18. The maximum atomic E-state index is 5.18. The monoisotopic (exact) mass is 147 g/mol. The molecule has 0 aliphatic heterocycles. The number of nitrogens with zero attached hydrogens (tertiary/aromatic N) is 1. The summed E-state index contributed by atoms with van der Waals surface area (Å²) in [6, 6.07) is 1.85. The van der Waals surface area contributed by atoms with Crippen molar-refractivity contribution in [1.29, 1.82) is 0 Å². The van der Waals surface area contributed by atoms with E-state index in [9.17, 15) is 0 Å². The average Bonchev–Trinajstić information content (AvgIpc) is 2.04. The van der Waals surface area contributed by atoms with Gasteiger partial charge in [-0.2, -0.15) is 0 Å². The largest absolute Gasteiger partial charge is 0.308 e. The summed E-state index contributed by atoms with van der Waals surface area (Å²) in [6.45, 7) is 1.89. The van der Waals surface area contributed by atoms with Crippen LogP contribution in [0.15, 0.2) is 12.3 Å². The van der Waals surface area contributed by atoms with Crippen molar-refractivity contribution in [1.82, 2.24) is 4.98 Å². The van der Waals surface area contributed by atoms with E-state index in [4.69, 9.17) is 12.3 Å². The minimum absolute atomic E-state index is 0.656. The summed E-state index contributed by atoms with van der Waals surface area (Å²) in [5.41, 5.74) is 4.18. The number of aryl methyl sites for hydroxylation is 1. The molecule has 3 nitrogen and oxygen atoms in total. The van der Waals surface area contributed by atoms with Crippen molar-refractivity contribution < 1.29 is 0 Å². The van der Waals surface area contributed by atoms with Crippen molar-refractivity contribution >= 4 is 5.82 Å². The number of nitrogen functional groups attached to an aromatic ring is 1. The van der Waals surface area contributed by atoms with E-state index in [1.807, 2.05) is 13.0 Å². The molecular formula is C8H9N3. The van der Waals surface area contributed by atoms with Crippen molar-refractivity contribution in [3.63, 3.8) is 0 Å². The zero-order valence-electron chi connectivity index (χ0n) is 6.26. The fourth-order valence-corrected chi connectivity index (χ4v) is 0.805. The van der Waals surface area contributed by atoms with Crippen LogP contribution in [0, 0.1) is 19.3 Å². The van der Waals surface area contributed by atoms with Gasteiger partial charge in [-0.1, -0.05) is 5.92 Å². The zero-order chi connectivity index (χ0) is 8.27. The number of anilines is 1. The van der Waals surface area contributed by atoms with Crippen molar-refractivity contribution in [3.8, 4) is 12.3 Å². The van der Waals surface area contributed by atoms with Gasteiger partial charge in [0.15, 0.2) is 0 Å². The number of hydrogen-bond acceptors (Lipinski definition) is 3. The lowest BCUT2D eigenvalue weighted by atomic mass is 10.2. The highest BCUT2D eigenvalue weighted by molar-refractivity contribution is 5.46. The molecule has 1 heterocycles. The highest BCUT2D eigenvalue weighted by Crippen LogP contribution is 2.09. The average molecular weight is 147 g/mol. The lowest BCUT2D eigenvalue weighted by Gasteiger charge is -2.02. The Kier molecular flexibility index (Phi) is 2.09. The van der Waals surface area contributed by atoms with E-state index in [1.54, 1.807) is 6.20 Å². The van der Waals surface area contributed by atoms with Crippen LogP contribution >= 0.6 is 0 Å². The Morgan fingerprint density at radius 2 is 2.45 bits per heavy atom. The quantitative estimate of drug-likeness (QED) is 0.348. The van der Waals surface area contributed by atoms with Crippen LogP contribution < -0.4 is 11.3 Å². The third kappa shape index (κ3) is 1.48. The molecule has 0 aliphatic carbocycles. The van der Waals surface area contributed by atoms with Crippen LogP contribution in [-0.4, -0.2) is 4.98 Å². The summed E-state index contributed by atoms with van der Waals surface area (Å²) in [5, 5.41) is 0. The zero-order valence-corrected chi connectivity index (χ0v) is 6.26. The number of terminal acetylenes is 1. The van der Waals surface area contributed by atoms with Gasteiger partial charge in [0.05, 0.1) is 0 Å². The molecular weight excluding hydrogens is 138 g/mol. The van der Waals surface area contributed by atoms with E-state index >= 15 is 0 Å². The van der Waals surface area contributed by atoms with Crippen molar-refractivity contribution in [2.45, 2.75) is 6.92 Å². The summed E-state index contributed by atoms with van der Waals surface area (Å²) in [7, 11) is 0. The number of hydrazine groups is 1. The molecule has 0 radical (unpaired) electrons. The fraction of sp³-hybridized carbons (Fsp3) is 0.125. The summed E-state index contributed by atoms with van der Waals surface area (Å²) >= 11 is 0. The van der Waals surface area contributed by atoms with Crippen molar-refractivity contribution in [3.05, 3.63) is 23.4 Å². The van der Waals surface area contributed by atoms with Crippen LogP contribution in [0.5, 0.6) is 0 Å².